The molecule has 21 heavy (non-hydrogen) atoms. The third kappa shape index (κ3) is 6.93. The Morgan fingerprint density at radius 3 is 2.19 bits per heavy atom. The molecule has 0 aliphatic carbocycles. The molecule has 1 aromatic carbocycles. The van der Waals surface area contributed by atoms with Gasteiger partial charge in [0.25, 0.3) is 0 Å². The van der Waals surface area contributed by atoms with Crippen LogP contribution in [-0.2, 0) is 20.7 Å². The average Bonchev–Trinajstić information content (AvgIpc) is 2.35. The molecule has 1 aromatic rings. The Bertz CT molecular complexity index is 483. The van der Waals surface area contributed by atoms with Crippen molar-refractivity contribution in [2.75, 3.05) is 0 Å². The highest BCUT2D eigenvalue weighted by Crippen LogP contribution is 2.17. The summed E-state index contributed by atoms with van der Waals surface area (Å²) in [5.74, 6) is 0.400. The van der Waals surface area contributed by atoms with Crippen molar-refractivity contribution in [2.24, 2.45) is 0 Å². The Morgan fingerprint density at radius 2 is 1.71 bits per heavy atom. The predicted octanol–water partition coefficient (Wildman–Crippen LogP) is 3.32. The van der Waals surface area contributed by atoms with Crippen molar-refractivity contribution < 1.29 is 19.1 Å². The molecule has 1 atom stereocenters. The van der Waals surface area contributed by atoms with E-state index in [2.05, 4.69) is 0 Å². The molecule has 0 N–H and O–H groups in total. The van der Waals surface area contributed by atoms with E-state index in [4.69, 9.17) is 9.47 Å². The molecule has 4 heteroatoms. The lowest BCUT2D eigenvalue weighted by Crippen LogP contribution is -2.33. The second-order valence-corrected chi connectivity index (χ2v) is 6.14. The highest BCUT2D eigenvalue weighted by Gasteiger charge is 2.22. The SMILES string of the molecule is CC(=O)CCc1ccc(OC(C)C(=O)OC(C)(C)C)cc1. The van der Waals surface area contributed by atoms with Gasteiger partial charge in [0.2, 0.25) is 0 Å². The quantitative estimate of drug-likeness (QED) is 0.755. The molecule has 0 spiro atoms. The summed E-state index contributed by atoms with van der Waals surface area (Å²) in [6.45, 7) is 8.71. The van der Waals surface area contributed by atoms with Gasteiger partial charge in [0.15, 0.2) is 6.10 Å². The number of Topliss-reactive ketones (excluding diaryl/α,β-unsaturated/α-hetero) is 1. The largest absolute Gasteiger partial charge is 0.479 e. The fourth-order valence-electron chi connectivity index (χ4n) is 1.69. The number of hydrogen-bond acceptors (Lipinski definition) is 4. The van der Waals surface area contributed by atoms with Gasteiger partial charge in [0.05, 0.1) is 0 Å². The monoisotopic (exact) mass is 292 g/mol. The summed E-state index contributed by atoms with van der Waals surface area (Å²) in [4.78, 5) is 22.8. The molecule has 1 unspecified atom stereocenters. The zero-order chi connectivity index (χ0) is 16.0. The maximum Gasteiger partial charge on any atom is 0.347 e. The lowest BCUT2D eigenvalue weighted by molar-refractivity contribution is -0.162. The highest BCUT2D eigenvalue weighted by molar-refractivity contribution is 5.76. The molecule has 116 valence electrons. The van der Waals surface area contributed by atoms with Crippen LogP contribution in [0.2, 0.25) is 0 Å². The van der Waals surface area contributed by atoms with Gasteiger partial charge in [-0.2, -0.15) is 0 Å². The molecule has 0 aromatic heterocycles. The van der Waals surface area contributed by atoms with Crippen LogP contribution in [0.15, 0.2) is 24.3 Å². The number of esters is 1. The van der Waals surface area contributed by atoms with Crippen molar-refractivity contribution in [3.63, 3.8) is 0 Å². The molecule has 0 aliphatic heterocycles. The van der Waals surface area contributed by atoms with Crippen LogP contribution in [0.5, 0.6) is 5.75 Å². The van der Waals surface area contributed by atoms with Crippen LogP contribution < -0.4 is 4.74 Å². The fraction of sp³-hybridized carbons (Fsp3) is 0.529. The van der Waals surface area contributed by atoms with E-state index in [0.29, 0.717) is 12.2 Å². The number of carbonyl (C=O) groups excluding carboxylic acids is 2. The van der Waals surface area contributed by atoms with E-state index >= 15 is 0 Å². The molecule has 0 aliphatic rings. The summed E-state index contributed by atoms with van der Waals surface area (Å²) in [5.41, 5.74) is 0.549. The van der Waals surface area contributed by atoms with E-state index in [-0.39, 0.29) is 11.8 Å². The number of ether oxygens (including phenoxy) is 2. The van der Waals surface area contributed by atoms with E-state index in [0.717, 1.165) is 12.0 Å². The van der Waals surface area contributed by atoms with Crippen LogP contribution in [-0.4, -0.2) is 23.5 Å². The first-order chi connectivity index (χ1) is 9.67. The third-order valence-electron chi connectivity index (χ3n) is 2.74. The molecular weight excluding hydrogens is 268 g/mol. The first-order valence-electron chi connectivity index (χ1n) is 7.15. The van der Waals surface area contributed by atoms with Gasteiger partial charge >= 0.3 is 5.97 Å². The molecule has 4 nitrogen and oxygen atoms in total. The van der Waals surface area contributed by atoms with Crippen molar-refractivity contribution in [3.05, 3.63) is 29.8 Å². The number of hydrogen-bond donors (Lipinski definition) is 0. The van der Waals surface area contributed by atoms with Crippen LogP contribution in [0.4, 0.5) is 0 Å². The Labute approximate surface area is 126 Å². The zero-order valence-electron chi connectivity index (χ0n) is 13.4. The smallest absolute Gasteiger partial charge is 0.347 e. The Morgan fingerprint density at radius 1 is 1.14 bits per heavy atom. The van der Waals surface area contributed by atoms with E-state index in [9.17, 15) is 9.59 Å². The minimum absolute atomic E-state index is 0.175. The van der Waals surface area contributed by atoms with Crippen molar-refractivity contribution in [1.82, 2.24) is 0 Å². The maximum absolute atomic E-state index is 11.8. The molecule has 0 amide bonds. The summed E-state index contributed by atoms with van der Waals surface area (Å²) < 4.78 is 10.8. The number of aryl methyl sites for hydroxylation is 1. The lowest BCUT2D eigenvalue weighted by Gasteiger charge is -2.22. The van der Waals surface area contributed by atoms with Crippen molar-refractivity contribution in [1.29, 1.82) is 0 Å². The van der Waals surface area contributed by atoms with Gasteiger partial charge in [-0.05, 0) is 58.7 Å². The Balaban J connectivity index is 2.55. The topological polar surface area (TPSA) is 52.6 Å². The van der Waals surface area contributed by atoms with Crippen LogP contribution in [0.3, 0.4) is 0 Å². The summed E-state index contributed by atoms with van der Waals surface area (Å²) >= 11 is 0. The van der Waals surface area contributed by atoms with Crippen molar-refractivity contribution >= 4 is 11.8 Å². The molecule has 0 heterocycles. The van der Waals surface area contributed by atoms with Gasteiger partial charge in [-0.1, -0.05) is 12.1 Å². The van der Waals surface area contributed by atoms with Crippen molar-refractivity contribution in [2.45, 2.75) is 59.2 Å². The van der Waals surface area contributed by atoms with E-state index in [1.807, 2.05) is 32.9 Å². The average molecular weight is 292 g/mol. The molecule has 0 radical (unpaired) electrons. The van der Waals surface area contributed by atoms with Gasteiger partial charge in [0.1, 0.15) is 17.1 Å². The second kappa shape index (κ2) is 7.25. The molecule has 0 saturated heterocycles. The highest BCUT2D eigenvalue weighted by atomic mass is 16.6. The first-order valence-corrected chi connectivity index (χ1v) is 7.15. The summed E-state index contributed by atoms with van der Waals surface area (Å²) in [5, 5.41) is 0. The van der Waals surface area contributed by atoms with Gasteiger partial charge in [-0.3, -0.25) is 0 Å². The van der Waals surface area contributed by atoms with Crippen LogP contribution >= 0.6 is 0 Å². The predicted molar refractivity (Wildman–Crippen MR) is 81.4 cm³/mol. The summed E-state index contributed by atoms with van der Waals surface area (Å²) in [6.07, 6.45) is 0.596. The lowest BCUT2D eigenvalue weighted by atomic mass is 10.1. The molecule has 1 rings (SSSR count). The number of benzene rings is 1. The second-order valence-electron chi connectivity index (χ2n) is 6.14. The van der Waals surface area contributed by atoms with Gasteiger partial charge in [-0.25, -0.2) is 4.79 Å². The molecular formula is C17H24O4. The van der Waals surface area contributed by atoms with Gasteiger partial charge in [0, 0.05) is 6.42 Å². The minimum atomic E-state index is -0.660. The van der Waals surface area contributed by atoms with Crippen molar-refractivity contribution in [3.8, 4) is 5.75 Å². The third-order valence-corrected chi connectivity index (χ3v) is 2.74. The normalized spacial score (nSPS) is 12.6. The maximum atomic E-state index is 11.8. The van der Waals surface area contributed by atoms with Gasteiger partial charge in [-0.15, -0.1) is 0 Å². The Hall–Kier alpha value is -1.84. The van der Waals surface area contributed by atoms with E-state index in [1.54, 1.807) is 26.0 Å². The standard InChI is InChI=1S/C17H24O4/c1-12(18)6-7-14-8-10-15(11-9-14)20-13(2)16(19)21-17(3,4)5/h8-11,13H,6-7H2,1-5H3. The van der Waals surface area contributed by atoms with Crippen LogP contribution in [0.1, 0.15) is 46.6 Å². The van der Waals surface area contributed by atoms with Crippen LogP contribution in [0, 0.1) is 0 Å². The fourth-order valence-corrected chi connectivity index (χ4v) is 1.69. The number of carbonyl (C=O) groups is 2. The Kier molecular flexibility index (Phi) is 5.94. The first kappa shape index (κ1) is 17.2. The molecule has 0 saturated carbocycles. The van der Waals surface area contributed by atoms with E-state index in [1.165, 1.54) is 0 Å². The zero-order valence-corrected chi connectivity index (χ0v) is 13.4. The van der Waals surface area contributed by atoms with Crippen LogP contribution in [0.25, 0.3) is 0 Å². The number of ketones is 1. The van der Waals surface area contributed by atoms with E-state index < -0.39 is 11.7 Å². The minimum Gasteiger partial charge on any atom is -0.479 e. The molecule has 0 fully saturated rings. The molecule has 0 bridgehead atoms. The summed E-state index contributed by atoms with van der Waals surface area (Å²) in [6, 6.07) is 7.41. The number of rotatable bonds is 6. The van der Waals surface area contributed by atoms with Gasteiger partial charge < -0.3 is 14.3 Å². The summed E-state index contributed by atoms with van der Waals surface area (Å²) in [7, 11) is 0.